The van der Waals surface area contributed by atoms with Gasteiger partial charge >= 0.3 is 12.1 Å². The quantitative estimate of drug-likeness (QED) is 0.803. The van der Waals surface area contributed by atoms with E-state index in [1.54, 1.807) is 0 Å². The number of aryl methyl sites for hydroxylation is 1. The molecule has 0 unspecified atom stereocenters. The van der Waals surface area contributed by atoms with Gasteiger partial charge in [-0.15, -0.1) is 0 Å². The predicted molar refractivity (Wildman–Crippen MR) is 39.9 cm³/mol. The van der Waals surface area contributed by atoms with Crippen LogP contribution in [0.5, 0.6) is 0 Å². The van der Waals surface area contributed by atoms with E-state index >= 15 is 0 Å². The van der Waals surface area contributed by atoms with Crippen LogP contribution >= 0.6 is 0 Å². The third-order valence-corrected chi connectivity index (χ3v) is 1.64. The second-order valence-corrected chi connectivity index (χ2v) is 2.53. The second-order valence-electron chi connectivity index (χ2n) is 2.53. The first-order valence-electron chi connectivity index (χ1n) is 3.74. The van der Waals surface area contributed by atoms with Crippen molar-refractivity contribution in [3.8, 4) is 0 Å². The Morgan fingerprint density at radius 3 is 2.57 bits per heavy atom. The molecule has 0 saturated heterocycles. The summed E-state index contributed by atoms with van der Waals surface area (Å²) in [6.45, 7) is 1.43. The largest absolute Gasteiger partial charge is 0.478 e. The topological polar surface area (TPSA) is 55.1 Å². The summed E-state index contributed by atoms with van der Waals surface area (Å²) in [6.07, 6.45) is -3.99. The molecule has 14 heavy (non-hydrogen) atoms. The van der Waals surface area contributed by atoms with Crippen molar-refractivity contribution < 1.29 is 23.1 Å². The van der Waals surface area contributed by atoms with E-state index in [1.807, 2.05) is 0 Å². The molecule has 4 nitrogen and oxygen atoms in total. The Morgan fingerprint density at radius 1 is 1.64 bits per heavy atom. The molecule has 0 spiro atoms. The molecule has 7 heteroatoms. The minimum Gasteiger partial charge on any atom is -0.478 e. The van der Waals surface area contributed by atoms with Crippen molar-refractivity contribution in [1.82, 2.24) is 9.78 Å². The number of aromatic nitrogens is 2. The first-order chi connectivity index (χ1) is 6.38. The number of carboxylic acid groups (broad SMARTS) is 1. The van der Waals surface area contributed by atoms with E-state index in [1.165, 1.54) is 6.92 Å². The van der Waals surface area contributed by atoms with E-state index in [0.29, 0.717) is 10.9 Å². The molecule has 0 amide bonds. The lowest BCUT2D eigenvalue weighted by Crippen LogP contribution is -2.17. The third-order valence-electron chi connectivity index (χ3n) is 1.64. The van der Waals surface area contributed by atoms with Gasteiger partial charge in [0.05, 0.1) is 6.20 Å². The summed E-state index contributed by atoms with van der Waals surface area (Å²) >= 11 is 0. The SMILES string of the molecule is CCn1ncc(C(=O)O)c1C(F)(F)F. The van der Waals surface area contributed by atoms with Crippen LogP contribution in [0.1, 0.15) is 23.0 Å². The summed E-state index contributed by atoms with van der Waals surface area (Å²) in [4.78, 5) is 10.4. The Balaban J connectivity index is 3.34. The zero-order valence-electron chi connectivity index (χ0n) is 7.17. The number of hydrogen-bond donors (Lipinski definition) is 1. The molecule has 0 aliphatic rings. The molecule has 0 saturated carbocycles. The molecule has 0 aromatic carbocycles. The Hall–Kier alpha value is -1.53. The van der Waals surface area contributed by atoms with Crippen molar-refractivity contribution in [2.45, 2.75) is 19.6 Å². The summed E-state index contributed by atoms with van der Waals surface area (Å²) in [5.74, 6) is -1.63. The van der Waals surface area contributed by atoms with Crippen LogP contribution in [0.3, 0.4) is 0 Å². The molecule has 1 heterocycles. The monoisotopic (exact) mass is 208 g/mol. The van der Waals surface area contributed by atoms with E-state index in [4.69, 9.17) is 5.11 Å². The van der Waals surface area contributed by atoms with Gasteiger partial charge in [0.2, 0.25) is 0 Å². The Morgan fingerprint density at radius 2 is 2.21 bits per heavy atom. The molecule has 0 fully saturated rings. The average Bonchev–Trinajstić information content (AvgIpc) is 2.45. The standard InChI is InChI=1S/C7H7F3N2O2/c1-2-12-5(7(8,9)10)4(3-11-12)6(13)14/h3H,2H2,1H3,(H,13,14). The lowest BCUT2D eigenvalue weighted by Gasteiger charge is -2.09. The minimum atomic E-state index is -4.69. The Bertz CT molecular complexity index is 356. The van der Waals surface area contributed by atoms with Gasteiger partial charge in [-0.2, -0.15) is 18.3 Å². The highest BCUT2D eigenvalue weighted by Crippen LogP contribution is 2.31. The molecule has 1 rings (SSSR count). The average molecular weight is 208 g/mol. The molecule has 0 aliphatic heterocycles. The highest BCUT2D eigenvalue weighted by atomic mass is 19.4. The lowest BCUT2D eigenvalue weighted by molar-refractivity contribution is -0.144. The summed E-state index contributed by atoms with van der Waals surface area (Å²) in [5, 5.41) is 11.8. The van der Waals surface area contributed by atoms with Gasteiger partial charge in [-0.05, 0) is 6.92 Å². The van der Waals surface area contributed by atoms with Crippen LogP contribution in [0.25, 0.3) is 0 Å². The van der Waals surface area contributed by atoms with Crippen LogP contribution in [0.15, 0.2) is 6.20 Å². The van der Waals surface area contributed by atoms with Crippen LogP contribution in [-0.2, 0) is 12.7 Å². The van der Waals surface area contributed by atoms with Gasteiger partial charge in [-0.1, -0.05) is 0 Å². The molecule has 0 aliphatic carbocycles. The molecular formula is C7H7F3N2O2. The van der Waals surface area contributed by atoms with E-state index in [-0.39, 0.29) is 6.54 Å². The minimum absolute atomic E-state index is 0.0257. The number of carboxylic acids is 1. The molecule has 1 aromatic rings. The Kier molecular flexibility index (Phi) is 2.50. The zero-order chi connectivity index (χ0) is 10.9. The number of carbonyl (C=O) groups is 1. The molecule has 0 atom stereocenters. The molecular weight excluding hydrogens is 201 g/mol. The molecule has 0 radical (unpaired) electrons. The summed E-state index contributed by atoms with van der Waals surface area (Å²) in [6, 6.07) is 0. The molecule has 1 N–H and O–H groups in total. The van der Waals surface area contributed by atoms with E-state index in [2.05, 4.69) is 5.10 Å². The number of halogens is 3. The van der Waals surface area contributed by atoms with E-state index in [9.17, 15) is 18.0 Å². The third kappa shape index (κ3) is 1.70. The highest BCUT2D eigenvalue weighted by Gasteiger charge is 2.39. The van der Waals surface area contributed by atoms with Crippen LogP contribution in [-0.4, -0.2) is 20.9 Å². The van der Waals surface area contributed by atoms with Gasteiger partial charge in [-0.3, -0.25) is 4.68 Å². The van der Waals surface area contributed by atoms with Gasteiger partial charge in [0.25, 0.3) is 0 Å². The van der Waals surface area contributed by atoms with Crippen LogP contribution in [0.4, 0.5) is 13.2 Å². The predicted octanol–water partition coefficient (Wildman–Crippen LogP) is 1.62. The first kappa shape index (κ1) is 10.6. The number of rotatable bonds is 2. The number of alkyl halides is 3. The van der Waals surface area contributed by atoms with Gasteiger partial charge in [-0.25, -0.2) is 4.79 Å². The van der Waals surface area contributed by atoms with Crippen molar-refractivity contribution in [3.05, 3.63) is 17.5 Å². The summed E-state index contributed by atoms with van der Waals surface area (Å²) in [5.41, 5.74) is -2.04. The van der Waals surface area contributed by atoms with Gasteiger partial charge < -0.3 is 5.11 Å². The van der Waals surface area contributed by atoms with E-state index < -0.39 is 23.4 Å². The van der Waals surface area contributed by atoms with Crippen molar-refractivity contribution in [2.75, 3.05) is 0 Å². The maximum absolute atomic E-state index is 12.4. The normalized spacial score (nSPS) is 11.7. The maximum atomic E-state index is 12.4. The number of hydrogen-bond acceptors (Lipinski definition) is 2. The maximum Gasteiger partial charge on any atom is 0.433 e. The van der Waals surface area contributed by atoms with Crippen LogP contribution in [0, 0.1) is 0 Å². The van der Waals surface area contributed by atoms with Gasteiger partial charge in [0, 0.05) is 6.54 Å². The second kappa shape index (κ2) is 3.32. The molecule has 0 bridgehead atoms. The molecule has 78 valence electrons. The Labute approximate surface area is 77.0 Å². The van der Waals surface area contributed by atoms with Crippen molar-refractivity contribution in [1.29, 1.82) is 0 Å². The van der Waals surface area contributed by atoms with Crippen molar-refractivity contribution in [3.63, 3.8) is 0 Å². The molecule has 1 aromatic heterocycles. The number of nitrogens with zero attached hydrogens (tertiary/aromatic N) is 2. The van der Waals surface area contributed by atoms with Gasteiger partial charge in [0.15, 0.2) is 5.69 Å². The van der Waals surface area contributed by atoms with Crippen LogP contribution < -0.4 is 0 Å². The lowest BCUT2D eigenvalue weighted by atomic mass is 10.2. The fourth-order valence-electron chi connectivity index (χ4n) is 1.08. The van der Waals surface area contributed by atoms with E-state index in [0.717, 1.165) is 0 Å². The fraction of sp³-hybridized carbons (Fsp3) is 0.429. The number of aromatic carboxylic acids is 1. The highest BCUT2D eigenvalue weighted by molar-refractivity contribution is 5.88. The summed E-state index contributed by atoms with van der Waals surface area (Å²) < 4.78 is 37.7. The first-order valence-corrected chi connectivity index (χ1v) is 3.74. The van der Waals surface area contributed by atoms with Gasteiger partial charge in [0.1, 0.15) is 5.56 Å². The summed E-state index contributed by atoms with van der Waals surface area (Å²) in [7, 11) is 0. The van der Waals surface area contributed by atoms with Crippen LogP contribution in [0.2, 0.25) is 0 Å². The zero-order valence-corrected chi connectivity index (χ0v) is 7.17. The van der Waals surface area contributed by atoms with Crippen molar-refractivity contribution in [2.24, 2.45) is 0 Å². The fourth-order valence-corrected chi connectivity index (χ4v) is 1.08. The smallest absolute Gasteiger partial charge is 0.433 e. The van der Waals surface area contributed by atoms with Crippen molar-refractivity contribution >= 4 is 5.97 Å².